The van der Waals surface area contributed by atoms with E-state index >= 15 is 0 Å². The van der Waals surface area contributed by atoms with Gasteiger partial charge >= 0.3 is 0 Å². The number of aromatic nitrogens is 2. The predicted octanol–water partition coefficient (Wildman–Crippen LogP) is 2.32. The molecule has 34 heavy (non-hydrogen) atoms. The number of aliphatic imine (C=N–C) groups is 1. The number of hydrogen-bond acceptors (Lipinski definition) is 7. The van der Waals surface area contributed by atoms with Gasteiger partial charge in [-0.2, -0.15) is 0 Å². The summed E-state index contributed by atoms with van der Waals surface area (Å²) < 4.78 is 27.4. The molecule has 4 rings (SSSR count). The van der Waals surface area contributed by atoms with Crippen molar-refractivity contribution in [2.45, 2.75) is 51.5 Å². The van der Waals surface area contributed by atoms with E-state index in [2.05, 4.69) is 33.4 Å². The zero-order valence-corrected chi connectivity index (χ0v) is 21.1. The number of nitrogens with one attached hydrogen (secondary N) is 1. The van der Waals surface area contributed by atoms with E-state index in [0.717, 1.165) is 17.3 Å². The van der Waals surface area contributed by atoms with Crippen LogP contribution in [0.4, 0.5) is 5.82 Å². The van der Waals surface area contributed by atoms with Crippen LogP contribution in [-0.2, 0) is 14.8 Å². The van der Waals surface area contributed by atoms with Crippen LogP contribution in [0.3, 0.4) is 0 Å². The SMILES string of the molecule is Cc1cc(N2CCN(C(=O)C(N=C3NS(=O)(=O)c4ccccc43)C(C)C)CC2)nc(C(C)C)n1. The highest BCUT2D eigenvalue weighted by molar-refractivity contribution is 7.90. The maximum Gasteiger partial charge on any atom is 0.263 e. The number of piperazine rings is 1. The zero-order chi connectivity index (χ0) is 24.6. The molecule has 0 bridgehead atoms. The summed E-state index contributed by atoms with van der Waals surface area (Å²) >= 11 is 0. The standard InChI is InChI=1S/C24H32N6O3S/c1-15(2)21(27-23-18-8-6-7-9-19(18)34(32,33)28-23)24(31)30-12-10-29(11-13-30)20-14-17(5)25-22(26-20)16(3)4/h6-9,14-16,21H,10-13H2,1-5H3,(H,27,28). The third kappa shape index (κ3) is 4.77. The number of benzene rings is 1. The van der Waals surface area contributed by atoms with E-state index in [-0.39, 0.29) is 28.5 Å². The second kappa shape index (κ2) is 9.32. The van der Waals surface area contributed by atoms with Gasteiger partial charge in [0.05, 0.1) is 4.90 Å². The van der Waals surface area contributed by atoms with E-state index in [1.807, 2.05) is 31.7 Å². The zero-order valence-electron chi connectivity index (χ0n) is 20.3. The maximum absolute atomic E-state index is 13.4. The number of hydrogen-bond donors (Lipinski definition) is 1. The largest absolute Gasteiger partial charge is 0.353 e. The predicted molar refractivity (Wildman–Crippen MR) is 132 cm³/mol. The highest BCUT2D eigenvalue weighted by atomic mass is 32.2. The summed E-state index contributed by atoms with van der Waals surface area (Å²) in [6, 6.07) is 8.00. The molecule has 0 spiro atoms. The first-order valence-electron chi connectivity index (χ1n) is 11.7. The van der Waals surface area contributed by atoms with Crippen LogP contribution in [0.15, 0.2) is 40.2 Å². The Balaban J connectivity index is 1.50. The molecule has 1 fully saturated rings. The summed E-state index contributed by atoms with van der Waals surface area (Å²) in [5.41, 5.74) is 1.44. The maximum atomic E-state index is 13.4. The number of aryl methyl sites for hydroxylation is 1. The number of amidine groups is 1. The van der Waals surface area contributed by atoms with Gasteiger partial charge in [0.25, 0.3) is 10.0 Å². The molecule has 182 valence electrons. The molecule has 2 aliphatic rings. The summed E-state index contributed by atoms with van der Waals surface area (Å²) in [5, 5.41) is 0. The van der Waals surface area contributed by atoms with Gasteiger partial charge in [-0.3, -0.25) is 14.5 Å². The molecular weight excluding hydrogens is 452 g/mol. The van der Waals surface area contributed by atoms with Crippen molar-refractivity contribution in [2.75, 3.05) is 31.1 Å². The Hall–Kier alpha value is -3.01. The van der Waals surface area contributed by atoms with E-state index in [1.165, 1.54) is 0 Å². The number of fused-ring (bicyclic) bond motifs is 1. The fraction of sp³-hybridized carbons (Fsp3) is 0.500. The van der Waals surface area contributed by atoms with Crippen LogP contribution in [0.5, 0.6) is 0 Å². The molecule has 1 atom stereocenters. The summed E-state index contributed by atoms with van der Waals surface area (Å²) in [4.78, 5) is 31.5. The quantitative estimate of drug-likeness (QED) is 0.698. The van der Waals surface area contributed by atoms with Crippen molar-refractivity contribution in [1.82, 2.24) is 19.6 Å². The van der Waals surface area contributed by atoms with Crippen molar-refractivity contribution in [3.05, 3.63) is 47.4 Å². The molecule has 3 heterocycles. The topological polar surface area (TPSA) is 108 Å². The molecular formula is C24H32N6O3S. The van der Waals surface area contributed by atoms with Crippen LogP contribution in [0.25, 0.3) is 0 Å². The molecule has 10 heteroatoms. The number of rotatable bonds is 5. The Labute approximate surface area is 201 Å². The van der Waals surface area contributed by atoms with Crippen LogP contribution in [0.1, 0.15) is 50.7 Å². The monoisotopic (exact) mass is 484 g/mol. The summed E-state index contributed by atoms with van der Waals surface area (Å²) in [6.07, 6.45) is 0. The Morgan fingerprint density at radius 3 is 2.38 bits per heavy atom. The molecule has 0 saturated carbocycles. The van der Waals surface area contributed by atoms with Crippen molar-refractivity contribution < 1.29 is 13.2 Å². The van der Waals surface area contributed by atoms with Gasteiger partial charge in [-0.15, -0.1) is 0 Å². The highest BCUT2D eigenvalue weighted by Gasteiger charge is 2.34. The van der Waals surface area contributed by atoms with Crippen molar-refractivity contribution in [2.24, 2.45) is 10.9 Å². The van der Waals surface area contributed by atoms with E-state index in [9.17, 15) is 13.2 Å². The first kappa shape index (κ1) is 24.1. The molecule has 1 aromatic carbocycles. The minimum atomic E-state index is -3.65. The lowest BCUT2D eigenvalue weighted by molar-refractivity contribution is -0.133. The van der Waals surface area contributed by atoms with Gasteiger partial charge in [-0.1, -0.05) is 39.8 Å². The number of amides is 1. The van der Waals surface area contributed by atoms with Gasteiger partial charge in [0, 0.05) is 49.4 Å². The van der Waals surface area contributed by atoms with Gasteiger partial charge < -0.3 is 9.80 Å². The number of sulfonamides is 1. The lowest BCUT2D eigenvalue weighted by Crippen LogP contribution is -2.52. The average molecular weight is 485 g/mol. The van der Waals surface area contributed by atoms with Crippen molar-refractivity contribution >= 4 is 27.6 Å². The van der Waals surface area contributed by atoms with Gasteiger partial charge in [-0.05, 0) is 25.0 Å². The number of carbonyl (C=O) groups excluding carboxylic acids is 1. The minimum Gasteiger partial charge on any atom is -0.353 e. The second-order valence-corrected chi connectivity index (χ2v) is 11.1. The van der Waals surface area contributed by atoms with Crippen molar-refractivity contribution in [3.63, 3.8) is 0 Å². The van der Waals surface area contributed by atoms with Crippen LogP contribution < -0.4 is 9.62 Å². The fourth-order valence-corrected chi connectivity index (χ4v) is 5.43. The molecule has 9 nitrogen and oxygen atoms in total. The molecule has 0 radical (unpaired) electrons. The molecule has 2 aliphatic heterocycles. The van der Waals surface area contributed by atoms with Gasteiger partial charge in [-0.25, -0.2) is 18.4 Å². The third-order valence-electron chi connectivity index (χ3n) is 6.11. The Bertz CT molecular complexity index is 1220. The summed E-state index contributed by atoms with van der Waals surface area (Å²) in [6.45, 7) is 12.4. The fourth-order valence-electron chi connectivity index (χ4n) is 4.20. The second-order valence-electron chi connectivity index (χ2n) is 9.46. The third-order valence-corrected chi connectivity index (χ3v) is 7.50. The van der Waals surface area contributed by atoms with E-state index in [1.54, 1.807) is 24.3 Å². The molecule has 1 unspecified atom stereocenters. The van der Waals surface area contributed by atoms with E-state index in [4.69, 9.17) is 4.98 Å². The van der Waals surface area contributed by atoms with Crippen molar-refractivity contribution in [3.8, 4) is 0 Å². The van der Waals surface area contributed by atoms with Gasteiger partial charge in [0.1, 0.15) is 23.5 Å². The Morgan fingerprint density at radius 1 is 1.06 bits per heavy atom. The molecule has 1 amide bonds. The molecule has 1 N–H and O–H groups in total. The number of nitrogens with zero attached hydrogens (tertiary/aromatic N) is 5. The average Bonchev–Trinajstić information content (AvgIpc) is 3.06. The first-order valence-corrected chi connectivity index (χ1v) is 13.1. The van der Waals surface area contributed by atoms with Crippen LogP contribution in [0, 0.1) is 12.8 Å². The minimum absolute atomic E-state index is 0.0894. The molecule has 1 aromatic heterocycles. The van der Waals surface area contributed by atoms with Gasteiger partial charge in [0.2, 0.25) is 5.91 Å². The highest BCUT2D eigenvalue weighted by Crippen LogP contribution is 2.24. The van der Waals surface area contributed by atoms with Crippen molar-refractivity contribution in [1.29, 1.82) is 0 Å². The number of carbonyl (C=O) groups is 1. The van der Waals surface area contributed by atoms with Gasteiger partial charge in [0.15, 0.2) is 0 Å². The molecule has 1 saturated heterocycles. The Kier molecular flexibility index (Phi) is 6.62. The Morgan fingerprint density at radius 2 is 1.74 bits per heavy atom. The summed E-state index contributed by atoms with van der Waals surface area (Å²) in [7, 11) is -3.65. The molecule has 0 aliphatic carbocycles. The summed E-state index contributed by atoms with van der Waals surface area (Å²) in [5.74, 6) is 2.01. The van der Waals surface area contributed by atoms with E-state index < -0.39 is 16.1 Å². The van der Waals surface area contributed by atoms with Crippen LogP contribution in [-0.4, -0.2) is 67.2 Å². The van der Waals surface area contributed by atoms with E-state index in [0.29, 0.717) is 31.7 Å². The smallest absolute Gasteiger partial charge is 0.263 e. The van der Waals surface area contributed by atoms with Crippen LogP contribution in [0.2, 0.25) is 0 Å². The van der Waals surface area contributed by atoms with Crippen LogP contribution >= 0.6 is 0 Å². The molecule has 2 aromatic rings. The first-order chi connectivity index (χ1) is 16.1. The number of anilines is 1. The normalized spacial score (nSPS) is 19.4. The lowest BCUT2D eigenvalue weighted by atomic mass is 10.0. The lowest BCUT2D eigenvalue weighted by Gasteiger charge is -2.37.